The quantitative estimate of drug-likeness (QED) is 0.730. The highest BCUT2D eigenvalue weighted by atomic mass is 16.3. The molecule has 0 radical (unpaired) electrons. The lowest BCUT2D eigenvalue weighted by atomic mass is 10.1. The third kappa shape index (κ3) is 5.05. The molecule has 1 unspecified atom stereocenters. The SMILES string of the molecule is CCN(C)C(=O)C(O)C#Cc1cccc(-c2nc(C(N)=O)cc(N(C)C)n2)c1. The number of amides is 2. The molecule has 146 valence electrons. The van der Waals surface area contributed by atoms with E-state index in [-0.39, 0.29) is 5.69 Å². The third-order valence-corrected chi connectivity index (χ3v) is 3.98. The summed E-state index contributed by atoms with van der Waals surface area (Å²) in [7, 11) is 5.19. The van der Waals surface area contributed by atoms with Crippen LogP contribution in [-0.2, 0) is 4.79 Å². The predicted octanol–water partition coefficient (Wildman–Crippen LogP) is 0.499. The van der Waals surface area contributed by atoms with Crippen molar-refractivity contribution in [1.82, 2.24) is 14.9 Å². The fourth-order valence-corrected chi connectivity index (χ4v) is 2.23. The van der Waals surface area contributed by atoms with Crippen molar-refractivity contribution in [2.24, 2.45) is 5.73 Å². The first-order chi connectivity index (χ1) is 13.2. The van der Waals surface area contributed by atoms with Crippen LogP contribution in [0.25, 0.3) is 11.4 Å². The summed E-state index contributed by atoms with van der Waals surface area (Å²) in [5.74, 6) is 5.09. The van der Waals surface area contributed by atoms with Crippen molar-refractivity contribution >= 4 is 17.6 Å². The van der Waals surface area contributed by atoms with E-state index in [2.05, 4.69) is 21.8 Å². The Kier molecular flexibility index (Phi) is 6.69. The number of anilines is 1. The minimum Gasteiger partial charge on any atom is -0.372 e. The summed E-state index contributed by atoms with van der Waals surface area (Å²) in [6.07, 6.45) is -1.40. The zero-order chi connectivity index (χ0) is 20.8. The van der Waals surface area contributed by atoms with Gasteiger partial charge in [-0.05, 0) is 19.1 Å². The van der Waals surface area contributed by atoms with E-state index >= 15 is 0 Å². The molecule has 2 amide bonds. The van der Waals surface area contributed by atoms with Gasteiger partial charge in [-0.25, -0.2) is 9.97 Å². The van der Waals surface area contributed by atoms with Crippen LogP contribution in [0.4, 0.5) is 5.82 Å². The fourth-order valence-electron chi connectivity index (χ4n) is 2.23. The zero-order valence-corrected chi connectivity index (χ0v) is 16.3. The first kappa shape index (κ1) is 20.9. The summed E-state index contributed by atoms with van der Waals surface area (Å²) in [6.45, 7) is 2.29. The van der Waals surface area contributed by atoms with Gasteiger partial charge < -0.3 is 20.6 Å². The van der Waals surface area contributed by atoms with Gasteiger partial charge in [-0.15, -0.1) is 0 Å². The van der Waals surface area contributed by atoms with Crippen LogP contribution in [0.2, 0.25) is 0 Å². The molecule has 2 rings (SSSR count). The molecule has 0 aliphatic rings. The van der Waals surface area contributed by atoms with E-state index in [0.717, 1.165) is 0 Å². The van der Waals surface area contributed by atoms with Crippen molar-refractivity contribution in [3.8, 4) is 23.2 Å². The van der Waals surface area contributed by atoms with Gasteiger partial charge >= 0.3 is 0 Å². The minimum atomic E-state index is -1.40. The molecule has 3 N–H and O–H groups in total. The normalized spacial score (nSPS) is 11.2. The van der Waals surface area contributed by atoms with E-state index in [1.54, 1.807) is 50.3 Å². The molecule has 28 heavy (non-hydrogen) atoms. The molecular weight excluding hydrogens is 358 g/mol. The van der Waals surface area contributed by atoms with Crippen LogP contribution in [0.3, 0.4) is 0 Å². The maximum Gasteiger partial charge on any atom is 0.267 e. The summed E-state index contributed by atoms with van der Waals surface area (Å²) in [5, 5.41) is 9.92. The summed E-state index contributed by atoms with van der Waals surface area (Å²) < 4.78 is 0. The highest BCUT2D eigenvalue weighted by Crippen LogP contribution is 2.20. The molecule has 8 heteroatoms. The summed E-state index contributed by atoms with van der Waals surface area (Å²) in [4.78, 5) is 35.2. The van der Waals surface area contributed by atoms with E-state index in [1.165, 1.54) is 11.0 Å². The molecule has 1 aromatic carbocycles. The number of aliphatic hydroxyl groups is 1. The second-order valence-electron chi connectivity index (χ2n) is 6.30. The minimum absolute atomic E-state index is 0.105. The van der Waals surface area contributed by atoms with E-state index in [0.29, 0.717) is 29.3 Å². The molecule has 8 nitrogen and oxygen atoms in total. The van der Waals surface area contributed by atoms with Crippen LogP contribution in [0.15, 0.2) is 30.3 Å². The van der Waals surface area contributed by atoms with Crippen molar-refractivity contribution in [1.29, 1.82) is 0 Å². The Bertz CT molecular complexity index is 946. The van der Waals surface area contributed by atoms with Gasteiger partial charge in [0.05, 0.1) is 0 Å². The number of aliphatic hydroxyl groups excluding tert-OH is 1. The van der Waals surface area contributed by atoms with Crippen molar-refractivity contribution in [3.63, 3.8) is 0 Å². The number of hydrogen-bond acceptors (Lipinski definition) is 6. The molecule has 1 heterocycles. The van der Waals surface area contributed by atoms with E-state index in [4.69, 9.17) is 5.73 Å². The first-order valence-electron chi connectivity index (χ1n) is 8.64. The van der Waals surface area contributed by atoms with E-state index in [9.17, 15) is 14.7 Å². The molecule has 0 aliphatic heterocycles. The average Bonchev–Trinajstić information content (AvgIpc) is 2.70. The monoisotopic (exact) mass is 381 g/mol. The Balaban J connectivity index is 2.38. The largest absolute Gasteiger partial charge is 0.372 e. The molecule has 0 spiro atoms. The van der Waals surface area contributed by atoms with Gasteiger partial charge in [-0.1, -0.05) is 24.0 Å². The topological polar surface area (TPSA) is 113 Å². The highest BCUT2D eigenvalue weighted by Gasteiger charge is 2.15. The van der Waals surface area contributed by atoms with Crippen LogP contribution in [0.1, 0.15) is 23.0 Å². The van der Waals surface area contributed by atoms with Gasteiger partial charge in [0.2, 0.25) is 0 Å². The van der Waals surface area contributed by atoms with Crippen LogP contribution in [-0.4, -0.2) is 65.6 Å². The number of carbonyl (C=O) groups excluding carboxylic acids is 2. The average molecular weight is 381 g/mol. The number of primary amides is 1. The van der Waals surface area contributed by atoms with Gasteiger partial charge in [0.15, 0.2) is 11.9 Å². The smallest absolute Gasteiger partial charge is 0.267 e. The lowest BCUT2D eigenvalue weighted by Gasteiger charge is -2.15. The van der Waals surface area contributed by atoms with E-state index in [1.807, 2.05) is 6.92 Å². The molecule has 2 aromatic rings. The maximum atomic E-state index is 11.9. The number of benzene rings is 1. The number of nitrogens with zero attached hydrogens (tertiary/aromatic N) is 4. The summed E-state index contributed by atoms with van der Waals surface area (Å²) >= 11 is 0. The second kappa shape index (κ2) is 8.97. The molecule has 0 saturated carbocycles. The Morgan fingerprint density at radius 2 is 1.93 bits per heavy atom. The summed E-state index contributed by atoms with van der Waals surface area (Å²) in [5.41, 5.74) is 6.68. The molecule has 0 aliphatic carbocycles. The van der Waals surface area contributed by atoms with Gasteiger partial charge in [-0.2, -0.15) is 0 Å². The number of nitrogens with two attached hydrogens (primary N) is 1. The van der Waals surface area contributed by atoms with Crippen molar-refractivity contribution in [2.45, 2.75) is 13.0 Å². The Morgan fingerprint density at radius 3 is 2.54 bits per heavy atom. The molecule has 0 bridgehead atoms. The Hall–Kier alpha value is -3.44. The molecule has 1 atom stereocenters. The number of likely N-dealkylation sites (N-methyl/N-ethyl adjacent to an activating group) is 1. The molecule has 0 saturated heterocycles. The van der Waals surface area contributed by atoms with Gasteiger partial charge in [0.25, 0.3) is 11.8 Å². The van der Waals surface area contributed by atoms with Crippen molar-refractivity contribution in [3.05, 3.63) is 41.6 Å². The first-order valence-corrected chi connectivity index (χ1v) is 8.64. The maximum absolute atomic E-state index is 11.9. The standard InChI is InChI=1S/C20H23N5O3/c1-5-25(4)20(28)16(26)10-9-13-7-6-8-14(11-13)19-22-15(18(21)27)12-17(23-19)24(2)3/h6-8,11-12,16,26H,5H2,1-4H3,(H2,21,27). The van der Waals surface area contributed by atoms with Gasteiger partial charge in [0.1, 0.15) is 11.5 Å². The molecule has 0 fully saturated rings. The molecular formula is C20H23N5O3. The fraction of sp³-hybridized carbons (Fsp3) is 0.300. The number of hydrogen-bond donors (Lipinski definition) is 2. The van der Waals surface area contributed by atoms with Gasteiger partial charge in [-0.3, -0.25) is 9.59 Å². The van der Waals surface area contributed by atoms with Crippen molar-refractivity contribution < 1.29 is 14.7 Å². The number of rotatable bonds is 5. The van der Waals surface area contributed by atoms with Gasteiger partial charge in [0, 0.05) is 44.9 Å². The van der Waals surface area contributed by atoms with E-state index < -0.39 is 17.9 Å². The molecule has 1 aromatic heterocycles. The third-order valence-electron chi connectivity index (χ3n) is 3.98. The Labute approximate surface area is 164 Å². The lowest BCUT2D eigenvalue weighted by molar-refractivity contribution is -0.135. The predicted molar refractivity (Wildman–Crippen MR) is 107 cm³/mol. The zero-order valence-electron chi connectivity index (χ0n) is 16.3. The Morgan fingerprint density at radius 1 is 1.21 bits per heavy atom. The number of aromatic nitrogens is 2. The number of carbonyl (C=O) groups is 2. The van der Waals surface area contributed by atoms with Crippen molar-refractivity contribution in [2.75, 3.05) is 32.6 Å². The van der Waals surface area contributed by atoms with Crippen LogP contribution in [0.5, 0.6) is 0 Å². The second-order valence-corrected chi connectivity index (χ2v) is 6.30. The van der Waals surface area contributed by atoms with Crippen LogP contribution in [0, 0.1) is 11.8 Å². The lowest BCUT2D eigenvalue weighted by Crippen LogP contribution is -2.35. The van der Waals surface area contributed by atoms with Crippen LogP contribution < -0.4 is 10.6 Å². The highest BCUT2D eigenvalue weighted by molar-refractivity contribution is 5.92. The summed E-state index contributed by atoms with van der Waals surface area (Å²) in [6, 6.07) is 8.50. The van der Waals surface area contributed by atoms with Crippen LogP contribution >= 0.6 is 0 Å².